The average Bonchev–Trinajstić information content (AvgIpc) is 3.70. The van der Waals surface area contributed by atoms with E-state index in [0.29, 0.717) is 17.9 Å². The van der Waals surface area contributed by atoms with Crippen molar-refractivity contribution in [3.63, 3.8) is 0 Å². The van der Waals surface area contributed by atoms with E-state index in [1.165, 1.54) is 0 Å². The summed E-state index contributed by atoms with van der Waals surface area (Å²) in [5.74, 6) is 0.733. The lowest BCUT2D eigenvalue weighted by Gasteiger charge is -2.44. The first-order chi connectivity index (χ1) is 25.0. The van der Waals surface area contributed by atoms with Gasteiger partial charge in [0.15, 0.2) is 18.4 Å². The lowest BCUT2D eigenvalue weighted by Crippen LogP contribution is -2.59. The summed E-state index contributed by atoms with van der Waals surface area (Å²) in [5.41, 5.74) is 0.815. The van der Waals surface area contributed by atoms with E-state index >= 15 is 0 Å². The standard InChI is InChI=1S/C41H67NO10/c1-10-26-12-11-13-34(52-36-17-16-33(42(5)6)23(3)48-36)22(2)37(44)32-20-30-28(31(32)21-35(43)50-26)15-14-25-18-27(19-29(25)30)51-41-40(47-9)39(46-8)38(45-7)24(4)49-41/h20,22-31,33-34,36,38-41H,10-19,21H2,1-9H3/t22-,23+,24-,25-,26+,27-,28-,29-,30-,31+,33+,34+,36-,38+,39-,40+,41-/m1/s1. The summed E-state index contributed by atoms with van der Waals surface area (Å²) in [4.78, 5) is 30.4. The maximum Gasteiger partial charge on any atom is 0.306 e. The number of nitrogens with zero attached hydrogens (tertiary/aromatic N) is 1. The molecule has 0 aromatic heterocycles. The van der Waals surface area contributed by atoms with Crippen molar-refractivity contribution in [2.75, 3.05) is 35.4 Å². The molecule has 11 heteroatoms. The predicted octanol–water partition coefficient (Wildman–Crippen LogP) is 5.71. The monoisotopic (exact) mass is 733 g/mol. The van der Waals surface area contributed by atoms with Gasteiger partial charge in [-0.25, -0.2) is 0 Å². The third-order valence-corrected chi connectivity index (χ3v) is 13.7. The SMILES string of the molecule is CC[C@H]1CCC[C@H](O[C@@H]2CC[C@H](N(C)C)[C@H](C)O2)[C@@H](C)C(=O)C2=C[C@H]3[C@@H]4C[C@H](O[C@H]5O[C@H](C)[C@H](OC)[C@@H](OC)[C@@H]5OC)C[C@H]4CC[C@H]3[C@@H]2CC(=O)O1. The number of allylic oxidation sites excluding steroid dienone is 2. The minimum Gasteiger partial charge on any atom is -0.462 e. The maximum absolute atomic E-state index is 14.7. The van der Waals surface area contributed by atoms with E-state index in [9.17, 15) is 9.59 Å². The van der Waals surface area contributed by atoms with E-state index < -0.39 is 12.4 Å². The molecule has 2 saturated carbocycles. The van der Waals surface area contributed by atoms with Crippen LogP contribution in [-0.4, -0.2) is 120 Å². The number of esters is 1. The van der Waals surface area contributed by atoms with Crippen molar-refractivity contribution in [2.24, 2.45) is 35.5 Å². The van der Waals surface area contributed by atoms with Crippen LogP contribution in [0.25, 0.3) is 0 Å². The molecule has 0 spiro atoms. The number of hydrogen-bond acceptors (Lipinski definition) is 11. The quantitative estimate of drug-likeness (QED) is 0.272. The Balaban J connectivity index is 1.20. The van der Waals surface area contributed by atoms with Crippen molar-refractivity contribution < 1.29 is 47.5 Å². The summed E-state index contributed by atoms with van der Waals surface area (Å²) in [7, 11) is 9.19. The number of carbonyl (C=O) groups is 2. The van der Waals surface area contributed by atoms with Gasteiger partial charge in [-0.15, -0.1) is 0 Å². The van der Waals surface area contributed by atoms with Crippen molar-refractivity contribution in [3.05, 3.63) is 11.6 Å². The molecule has 0 aromatic carbocycles. The number of methoxy groups -OCH3 is 3. The fourth-order valence-corrected chi connectivity index (χ4v) is 10.9. The summed E-state index contributed by atoms with van der Waals surface area (Å²) in [6, 6.07) is 0.345. The molecule has 0 radical (unpaired) electrons. The Kier molecular flexibility index (Phi) is 13.6. The van der Waals surface area contributed by atoms with Crippen LogP contribution >= 0.6 is 0 Å². The summed E-state index contributed by atoms with van der Waals surface area (Å²) in [6.07, 6.45) is 8.77. The highest BCUT2D eigenvalue weighted by molar-refractivity contribution is 5.99. The van der Waals surface area contributed by atoms with Crippen LogP contribution in [0.3, 0.4) is 0 Å². The van der Waals surface area contributed by atoms with Gasteiger partial charge in [-0.3, -0.25) is 9.59 Å². The first kappa shape index (κ1) is 40.2. The van der Waals surface area contributed by atoms with Crippen molar-refractivity contribution in [1.29, 1.82) is 0 Å². The number of likely N-dealkylation sites (N-methyl/N-ethyl adjacent to an activating group) is 1. The molecule has 52 heavy (non-hydrogen) atoms. The van der Waals surface area contributed by atoms with Crippen LogP contribution in [-0.2, 0) is 47.5 Å². The highest BCUT2D eigenvalue weighted by Gasteiger charge is 2.54. The minimum atomic E-state index is -0.570. The molecule has 0 aromatic rings. The largest absolute Gasteiger partial charge is 0.462 e. The number of cyclic esters (lactones) is 1. The average molecular weight is 734 g/mol. The Morgan fingerprint density at radius 1 is 0.808 bits per heavy atom. The van der Waals surface area contributed by atoms with Crippen molar-refractivity contribution in [2.45, 2.75) is 166 Å². The zero-order chi connectivity index (χ0) is 37.3. The lowest BCUT2D eigenvalue weighted by molar-refractivity contribution is -0.314. The third-order valence-electron chi connectivity index (χ3n) is 13.7. The number of fused-ring (bicyclic) bond motifs is 5. The van der Waals surface area contributed by atoms with Gasteiger partial charge in [0.05, 0.1) is 30.8 Å². The Bertz CT molecular complexity index is 1240. The van der Waals surface area contributed by atoms with E-state index in [-0.39, 0.29) is 90.9 Å². The van der Waals surface area contributed by atoms with Gasteiger partial charge in [-0.1, -0.05) is 19.9 Å². The van der Waals surface area contributed by atoms with E-state index in [4.69, 9.17) is 37.9 Å². The molecule has 3 aliphatic heterocycles. The minimum absolute atomic E-state index is 0.00197. The molecule has 0 unspecified atom stereocenters. The second-order valence-corrected chi connectivity index (χ2v) is 16.9. The van der Waals surface area contributed by atoms with Crippen LogP contribution in [0.5, 0.6) is 0 Å². The molecule has 6 aliphatic rings. The Morgan fingerprint density at radius 3 is 2.23 bits per heavy atom. The van der Waals surface area contributed by atoms with Gasteiger partial charge < -0.3 is 42.8 Å². The van der Waals surface area contributed by atoms with E-state index in [1.807, 2.05) is 13.8 Å². The maximum atomic E-state index is 14.7. The molecule has 5 fully saturated rings. The number of carbonyl (C=O) groups excluding carboxylic acids is 2. The van der Waals surface area contributed by atoms with Gasteiger partial charge in [-0.2, -0.15) is 0 Å². The predicted molar refractivity (Wildman–Crippen MR) is 194 cm³/mol. The highest BCUT2D eigenvalue weighted by atomic mass is 16.7. The molecule has 296 valence electrons. The van der Waals surface area contributed by atoms with Gasteiger partial charge in [0.2, 0.25) is 0 Å². The van der Waals surface area contributed by atoms with E-state index in [1.54, 1.807) is 21.3 Å². The number of hydrogen-bond donors (Lipinski definition) is 0. The zero-order valence-corrected chi connectivity index (χ0v) is 33.2. The van der Waals surface area contributed by atoms with Crippen LogP contribution < -0.4 is 0 Å². The number of ether oxygens (including phenoxy) is 8. The molecule has 3 aliphatic carbocycles. The topological polar surface area (TPSA) is 111 Å². The Morgan fingerprint density at radius 2 is 1.56 bits per heavy atom. The van der Waals surface area contributed by atoms with Crippen LogP contribution in [0.2, 0.25) is 0 Å². The van der Waals surface area contributed by atoms with Crippen LogP contribution in [0.4, 0.5) is 0 Å². The second-order valence-electron chi connectivity index (χ2n) is 16.9. The van der Waals surface area contributed by atoms with Gasteiger partial charge in [0.25, 0.3) is 0 Å². The van der Waals surface area contributed by atoms with Gasteiger partial charge in [0.1, 0.15) is 24.4 Å². The molecule has 3 saturated heterocycles. The summed E-state index contributed by atoms with van der Waals surface area (Å²) in [6.45, 7) is 8.21. The van der Waals surface area contributed by atoms with E-state index in [0.717, 1.165) is 69.8 Å². The zero-order valence-electron chi connectivity index (χ0n) is 33.2. The molecular weight excluding hydrogens is 666 g/mol. The number of ketones is 1. The van der Waals surface area contributed by atoms with Crippen molar-refractivity contribution in [1.82, 2.24) is 4.90 Å². The molecule has 0 bridgehead atoms. The molecule has 6 rings (SSSR count). The molecule has 11 nitrogen and oxygen atoms in total. The lowest BCUT2D eigenvalue weighted by atomic mass is 9.66. The smallest absolute Gasteiger partial charge is 0.306 e. The van der Waals surface area contributed by atoms with Crippen LogP contribution in [0.1, 0.15) is 98.3 Å². The van der Waals surface area contributed by atoms with Gasteiger partial charge >= 0.3 is 5.97 Å². The molecule has 0 amide bonds. The van der Waals surface area contributed by atoms with Crippen LogP contribution in [0, 0.1) is 35.5 Å². The fourth-order valence-electron chi connectivity index (χ4n) is 10.9. The normalized spacial score (nSPS) is 46.0. The molecule has 0 N–H and O–H groups in total. The fraction of sp³-hybridized carbons (Fsp3) is 0.902. The second kappa shape index (κ2) is 17.6. The van der Waals surface area contributed by atoms with Gasteiger partial charge in [-0.05, 0) is 121 Å². The highest BCUT2D eigenvalue weighted by Crippen LogP contribution is 2.57. The molecule has 17 atom stereocenters. The summed E-state index contributed by atoms with van der Waals surface area (Å²) in [5, 5.41) is 0. The summed E-state index contributed by atoms with van der Waals surface area (Å²) < 4.78 is 49.7. The van der Waals surface area contributed by atoms with Crippen LogP contribution in [0.15, 0.2) is 11.6 Å². The summed E-state index contributed by atoms with van der Waals surface area (Å²) >= 11 is 0. The van der Waals surface area contributed by atoms with E-state index in [2.05, 4.69) is 38.9 Å². The first-order valence-corrected chi connectivity index (χ1v) is 20.3. The number of Topliss-reactive ketones (excluding diaryl/α,β-unsaturated/α-hetero) is 1. The number of rotatable bonds is 9. The Hall–Kier alpha value is -1.44. The van der Waals surface area contributed by atoms with Gasteiger partial charge in [0, 0.05) is 39.2 Å². The third kappa shape index (κ3) is 8.37. The Labute approximate surface area is 312 Å². The molecular formula is C41H67NO10. The van der Waals surface area contributed by atoms with Crippen molar-refractivity contribution in [3.8, 4) is 0 Å². The first-order valence-electron chi connectivity index (χ1n) is 20.3. The molecule has 3 heterocycles. The van der Waals surface area contributed by atoms with Crippen molar-refractivity contribution >= 4 is 11.8 Å².